The molecule has 0 radical (unpaired) electrons. The zero-order chi connectivity index (χ0) is 24.6. The van der Waals surface area contributed by atoms with Crippen LogP contribution in [0.3, 0.4) is 0 Å². The molecule has 8 nitrogen and oxygen atoms in total. The molecule has 0 saturated carbocycles. The van der Waals surface area contributed by atoms with Crippen LogP contribution in [-0.2, 0) is 13.6 Å². The number of ketones is 1. The summed E-state index contributed by atoms with van der Waals surface area (Å²) in [4.78, 5) is 39.8. The Morgan fingerprint density at radius 3 is 2.35 bits per heavy atom. The van der Waals surface area contributed by atoms with Crippen molar-refractivity contribution in [1.82, 2.24) is 14.5 Å². The number of amides is 1. The van der Waals surface area contributed by atoms with Crippen LogP contribution in [0.25, 0.3) is 21.8 Å². The number of benzene rings is 2. The number of aryl methyl sites for hydroxylation is 1. The fourth-order valence-electron chi connectivity index (χ4n) is 4.18. The predicted molar refractivity (Wildman–Crippen MR) is 131 cm³/mol. The zero-order valence-electron chi connectivity index (χ0n) is 19.6. The van der Waals surface area contributed by atoms with Gasteiger partial charge in [-0.2, -0.15) is 0 Å². The van der Waals surface area contributed by atoms with Crippen LogP contribution in [-0.4, -0.2) is 45.2 Å². The van der Waals surface area contributed by atoms with E-state index >= 15 is 0 Å². The molecular formula is C26H27N3O5. The highest BCUT2D eigenvalue weighted by Gasteiger charge is 2.28. The SMILES string of the molecule is COc1c(C(=O)NCC(C)(C)O)n(C)c2c1c(=O)n(CC(=O)c1ccccc1)c1ccccc21. The van der Waals surface area contributed by atoms with E-state index in [4.69, 9.17) is 4.74 Å². The Morgan fingerprint density at radius 1 is 1.06 bits per heavy atom. The molecule has 0 aliphatic rings. The van der Waals surface area contributed by atoms with Gasteiger partial charge in [-0.15, -0.1) is 0 Å². The average molecular weight is 462 g/mol. The number of hydrogen-bond donors (Lipinski definition) is 2. The van der Waals surface area contributed by atoms with Gasteiger partial charge in [0.15, 0.2) is 17.2 Å². The Bertz CT molecular complexity index is 1460. The Morgan fingerprint density at radius 2 is 1.71 bits per heavy atom. The molecule has 2 aromatic carbocycles. The van der Waals surface area contributed by atoms with Crippen molar-refractivity contribution >= 4 is 33.5 Å². The number of nitrogens with one attached hydrogen (secondary N) is 1. The maximum absolute atomic E-state index is 13.7. The quantitative estimate of drug-likeness (QED) is 0.412. The molecule has 2 heterocycles. The second-order valence-corrected chi connectivity index (χ2v) is 8.86. The van der Waals surface area contributed by atoms with E-state index in [0.29, 0.717) is 22.0 Å². The molecule has 4 aromatic rings. The number of fused-ring (bicyclic) bond motifs is 3. The number of carbonyl (C=O) groups is 2. The lowest BCUT2D eigenvalue weighted by Gasteiger charge is -2.18. The number of aliphatic hydroxyl groups is 1. The van der Waals surface area contributed by atoms with Crippen molar-refractivity contribution in [3.63, 3.8) is 0 Å². The molecule has 0 unspecified atom stereocenters. The lowest BCUT2D eigenvalue weighted by Crippen LogP contribution is -2.38. The van der Waals surface area contributed by atoms with E-state index in [0.717, 1.165) is 0 Å². The van der Waals surface area contributed by atoms with E-state index < -0.39 is 17.1 Å². The molecule has 0 bridgehead atoms. The first-order chi connectivity index (χ1) is 16.1. The average Bonchev–Trinajstić information content (AvgIpc) is 3.12. The summed E-state index contributed by atoms with van der Waals surface area (Å²) >= 11 is 0. The van der Waals surface area contributed by atoms with Crippen molar-refractivity contribution in [2.45, 2.75) is 26.0 Å². The number of carbonyl (C=O) groups excluding carboxylic acids is 2. The molecule has 0 spiro atoms. The largest absolute Gasteiger partial charge is 0.493 e. The van der Waals surface area contributed by atoms with E-state index in [2.05, 4.69) is 5.32 Å². The molecule has 34 heavy (non-hydrogen) atoms. The monoisotopic (exact) mass is 461 g/mol. The van der Waals surface area contributed by atoms with Gasteiger partial charge in [0.05, 0.1) is 30.3 Å². The summed E-state index contributed by atoms with van der Waals surface area (Å²) in [7, 11) is 3.09. The minimum Gasteiger partial charge on any atom is -0.493 e. The molecular weight excluding hydrogens is 434 g/mol. The summed E-state index contributed by atoms with van der Waals surface area (Å²) in [5, 5.41) is 13.6. The van der Waals surface area contributed by atoms with Gasteiger partial charge in [0.2, 0.25) is 0 Å². The van der Waals surface area contributed by atoms with Gasteiger partial charge in [0.25, 0.3) is 11.5 Å². The van der Waals surface area contributed by atoms with E-state index in [1.54, 1.807) is 61.9 Å². The fourth-order valence-corrected chi connectivity index (χ4v) is 4.18. The number of nitrogens with zero attached hydrogens (tertiary/aromatic N) is 2. The number of pyridine rings is 1. The van der Waals surface area contributed by atoms with E-state index in [1.165, 1.54) is 11.7 Å². The molecule has 2 N–H and O–H groups in total. The van der Waals surface area contributed by atoms with Gasteiger partial charge in [-0.05, 0) is 19.9 Å². The van der Waals surface area contributed by atoms with Crippen LogP contribution in [0.4, 0.5) is 0 Å². The molecule has 176 valence electrons. The molecule has 0 atom stereocenters. The second kappa shape index (κ2) is 8.79. The third-order valence-corrected chi connectivity index (χ3v) is 5.76. The number of Topliss-reactive ketones (excluding diaryl/α,β-unsaturated/α-hetero) is 1. The van der Waals surface area contributed by atoms with Crippen LogP contribution in [0.2, 0.25) is 0 Å². The molecule has 0 aliphatic heterocycles. The third-order valence-electron chi connectivity index (χ3n) is 5.76. The van der Waals surface area contributed by atoms with Gasteiger partial charge in [0.1, 0.15) is 5.39 Å². The van der Waals surface area contributed by atoms with Crippen molar-refractivity contribution in [2.24, 2.45) is 7.05 Å². The molecule has 8 heteroatoms. The van der Waals surface area contributed by atoms with Crippen LogP contribution in [0.5, 0.6) is 5.75 Å². The lowest BCUT2D eigenvalue weighted by atomic mass is 10.1. The Hall–Kier alpha value is -3.91. The van der Waals surface area contributed by atoms with Gasteiger partial charge in [-0.3, -0.25) is 19.0 Å². The number of aromatic nitrogens is 2. The van der Waals surface area contributed by atoms with Crippen LogP contribution in [0.15, 0.2) is 59.4 Å². The Labute approximate surface area is 196 Å². The summed E-state index contributed by atoms with van der Waals surface area (Å²) in [5.41, 5.74) is 0.253. The van der Waals surface area contributed by atoms with E-state index in [-0.39, 0.29) is 35.7 Å². The Balaban J connectivity index is 1.95. The summed E-state index contributed by atoms with van der Waals surface area (Å²) in [5.74, 6) is -0.555. The van der Waals surface area contributed by atoms with Crippen molar-refractivity contribution in [2.75, 3.05) is 13.7 Å². The molecule has 4 rings (SSSR count). The maximum atomic E-state index is 13.7. The standard InChI is InChI=1S/C26H27N3O5/c1-26(2,33)15-27-24(31)22-23(34-4)20-21(28(22)3)17-12-8-9-13-18(17)29(25(20)32)14-19(30)16-10-6-5-7-11-16/h5-13,33H,14-15H2,1-4H3,(H,27,31). The maximum Gasteiger partial charge on any atom is 0.271 e. The smallest absolute Gasteiger partial charge is 0.271 e. The number of rotatable bonds is 7. The highest BCUT2D eigenvalue weighted by Crippen LogP contribution is 2.34. The molecule has 0 fully saturated rings. The molecule has 2 aromatic heterocycles. The van der Waals surface area contributed by atoms with E-state index in [9.17, 15) is 19.5 Å². The van der Waals surface area contributed by atoms with Gasteiger partial charge < -0.3 is 19.7 Å². The van der Waals surface area contributed by atoms with Crippen LogP contribution >= 0.6 is 0 Å². The molecule has 0 aliphatic carbocycles. The first-order valence-electron chi connectivity index (χ1n) is 10.9. The first kappa shape index (κ1) is 23.3. The van der Waals surface area contributed by atoms with Crippen molar-refractivity contribution in [3.05, 3.63) is 76.2 Å². The summed E-state index contributed by atoms with van der Waals surface area (Å²) in [6.45, 7) is 3.04. The third kappa shape index (κ3) is 4.08. The number of methoxy groups -OCH3 is 1. The van der Waals surface area contributed by atoms with E-state index in [1.807, 2.05) is 18.2 Å². The number of ether oxygens (including phenoxy) is 1. The van der Waals surface area contributed by atoms with Crippen molar-refractivity contribution < 1.29 is 19.4 Å². The van der Waals surface area contributed by atoms with Gasteiger partial charge in [0, 0.05) is 24.5 Å². The molecule has 1 amide bonds. The first-order valence-corrected chi connectivity index (χ1v) is 10.9. The molecule has 0 saturated heterocycles. The normalized spacial score (nSPS) is 11.7. The van der Waals surface area contributed by atoms with Gasteiger partial charge >= 0.3 is 0 Å². The van der Waals surface area contributed by atoms with Gasteiger partial charge in [-0.1, -0.05) is 48.5 Å². The summed E-state index contributed by atoms with van der Waals surface area (Å²) in [6.07, 6.45) is 0. The summed E-state index contributed by atoms with van der Waals surface area (Å²) < 4.78 is 8.62. The minimum atomic E-state index is -1.11. The lowest BCUT2D eigenvalue weighted by molar-refractivity contribution is 0.0689. The van der Waals surface area contributed by atoms with Crippen LogP contribution < -0.4 is 15.6 Å². The second-order valence-electron chi connectivity index (χ2n) is 8.86. The van der Waals surface area contributed by atoms with Gasteiger partial charge in [-0.25, -0.2) is 0 Å². The van der Waals surface area contributed by atoms with Crippen molar-refractivity contribution in [3.8, 4) is 5.75 Å². The van der Waals surface area contributed by atoms with Crippen LogP contribution in [0, 0.1) is 0 Å². The number of hydrogen-bond acceptors (Lipinski definition) is 5. The van der Waals surface area contributed by atoms with Crippen LogP contribution in [0.1, 0.15) is 34.7 Å². The number of para-hydroxylation sites is 1. The predicted octanol–water partition coefficient (Wildman–Crippen LogP) is 2.89. The minimum absolute atomic E-state index is 0.0209. The highest BCUT2D eigenvalue weighted by atomic mass is 16.5. The topological polar surface area (TPSA) is 103 Å². The zero-order valence-corrected chi connectivity index (χ0v) is 19.6. The Kier molecular flexibility index (Phi) is 6.01. The fraction of sp³-hybridized carbons (Fsp3) is 0.269. The van der Waals surface area contributed by atoms with Crippen molar-refractivity contribution in [1.29, 1.82) is 0 Å². The summed E-state index contributed by atoms with van der Waals surface area (Å²) in [6, 6.07) is 16.1. The highest BCUT2D eigenvalue weighted by molar-refractivity contribution is 6.12.